The summed E-state index contributed by atoms with van der Waals surface area (Å²) in [5, 5.41) is 13.7. The zero-order valence-corrected chi connectivity index (χ0v) is 22.0. The van der Waals surface area contributed by atoms with Crippen LogP contribution in [0.3, 0.4) is 0 Å². The summed E-state index contributed by atoms with van der Waals surface area (Å²) in [4.78, 5) is 41.9. The highest BCUT2D eigenvalue weighted by molar-refractivity contribution is 8.00. The zero-order valence-electron chi connectivity index (χ0n) is 20.4. The number of rotatable bonds is 9. The number of aliphatic hydroxyl groups excluding tert-OH is 1. The van der Waals surface area contributed by atoms with Crippen molar-refractivity contribution in [2.24, 2.45) is 0 Å². The standard InChI is InChI=1S/C29H26N2O5S2/c32-15-7-13-21-18-38-28-24(30-23(33)17-22-14-8-16-37-22)27(34)31(28)25(21)29(35)36-26(19-9-3-1-4-10-19)20-11-5-2-6-12-20/h1-14,16,24,26,28,32H,15,17-18H2,(H,30,33)/b13-7+/t24-,28-/m1/s1. The molecule has 5 rings (SSSR count). The van der Waals surface area contributed by atoms with E-state index in [-0.39, 0.29) is 30.5 Å². The lowest BCUT2D eigenvalue weighted by Crippen LogP contribution is -2.70. The van der Waals surface area contributed by atoms with Gasteiger partial charge in [-0.05, 0) is 28.1 Å². The molecule has 1 fully saturated rings. The number of β-lactam (4-membered cyclic amide) rings is 1. The van der Waals surface area contributed by atoms with Gasteiger partial charge in [0.25, 0.3) is 5.91 Å². The van der Waals surface area contributed by atoms with Gasteiger partial charge in [0.15, 0.2) is 6.10 Å². The number of amides is 2. The zero-order chi connectivity index (χ0) is 26.5. The number of allylic oxidation sites excluding steroid dienone is 1. The van der Waals surface area contributed by atoms with Gasteiger partial charge in [-0.2, -0.15) is 0 Å². The highest BCUT2D eigenvalue weighted by Crippen LogP contribution is 2.42. The summed E-state index contributed by atoms with van der Waals surface area (Å²) in [7, 11) is 0. The normalized spacial score (nSPS) is 18.9. The van der Waals surface area contributed by atoms with Crippen LogP contribution in [0.15, 0.2) is 102 Å². The average molecular weight is 547 g/mol. The Morgan fingerprint density at radius 3 is 2.34 bits per heavy atom. The Hall–Kier alpha value is -3.66. The Morgan fingerprint density at radius 2 is 1.74 bits per heavy atom. The van der Waals surface area contributed by atoms with Crippen LogP contribution < -0.4 is 5.32 Å². The van der Waals surface area contributed by atoms with E-state index in [1.807, 2.05) is 78.2 Å². The highest BCUT2D eigenvalue weighted by atomic mass is 32.2. The van der Waals surface area contributed by atoms with Crippen LogP contribution in [0.4, 0.5) is 0 Å². The van der Waals surface area contributed by atoms with E-state index in [1.165, 1.54) is 34.1 Å². The van der Waals surface area contributed by atoms with Crippen LogP contribution in [-0.2, 0) is 25.5 Å². The van der Waals surface area contributed by atoms with Gasteiger partial charge in [-0.1, -0.05) is 78.9 Å². The molecule has 2 aliphatic heterocycles. The van der Waals surface area contributed by atoms with Gasteiger partial charge in [0.05, 0.1) is 13.0 Å². The number of hydrogen-bond donors (Lipinski definition) is 2. The van der Waals surface area contributed by atoms with Crippen molar-refractivity contribution in [2.75, 3.05) is 12.4 Å². The molecule has 194 valence electrons. The van der Waals surface area contributed by atoms with E-state index in [2.05, 4.69) is 5.32 Å². The van der Waals surface area contributed by atoms with Crippen molar-refractivity contribution in [1.82, 2.24) is 10.2 Å². The fourth-order valence-electron chi connectivity index (χ4n) is 4.50. The number of ether oxygens (including phenoxy) is 1. The molecule has 0 saturated carbocycles. The first-order chi connectivity index (χ1) is 18.6. The molecule has 2 atom stereocenters. The number of aliphatic hydroxyl groups is 1. The van der Waals surface area contributed by atoms with Gasteiger partial charge in [0, 0.05) is 10.6 Å². The van der Waals surface area contributed by atoms with Crippen molar-refractivity contribution in [1.29, 1.82) is 0 Å². The first kappa shape index (κ1) is 26.0. The SMILES string of the molecule is O=C(Cc1cccs1)N[C@@H]1C(=O)N2C(C(=O)OC(c3ccccc3)c3ccccc3)=C(/C=C/CO)CS[C@H]12. The third kappa shape index (κ3) is 5.45. The van der Waals surface area contributed by atoms with Gasteiger partial charge < -0.3 is 15.2 Å². The van der Waals surface area contributed by atoms with Crippen molar-refractivity contribution in [3.05, 3.63) is 118 Å². The summed E-state index contributed by atoms with van der Waals surface area (Å²) >= 11 is 2.94. The molecule has 3 aromatic rings. The second kappa shape index (κ2) is 11.8. The Kier molecular flexibility index (Phi) is 8.07. The number of thiophene rings is 1. The van der Waals surface area contributed by atoms with E-state index in [4.69, 9.17) is 4.74 Å². The van der Waals surface area contributed by atoms with E-state index in [1.54, 1.807) is 6.08 Å². The number of esters is 1. The summed E-state index contributed by atoms with van der Waals surface area (Å²) in [6, 6.07) is 21.9. The first-order valence-electron chi connectivity index (χ1n) is 12.1. The van der Waals surface area contributed by atoms with Crippen molar-refractivity contribution in [2.45, 2.75) is 23.9 Å². The summed E-state index contributed by atoms with van der Waals surface area (Å²) in [5.41, 5.74) is 2.33. The molecule has 0 bridgehead atoms. The number of benzene rings is 2. The van der Waals surface area contributed by atoms with Crippen LogP contribution in [0.2, 0.25) is 0 Å². The number of fused-ring (bicyclic) bond motifs is 1. The van der Waals surface area contributed by atoms with Crippen LogP contribution >= 0.6 is 23.1 Å². The van der Waals surface area contributed by atoms with Crippen molar-refractivity contribution < 1.29 is 24.2 Å². The summed E-state index contributed by atoms with van der Waals surface area (Å²) in [6.45, 7) is -0.202. The van der Waals surface area contributed by atoms with E-state index in [0.29, 0.717) is 11.3 Å². The molecule has 9 heteroatoms. The molecule has 3 heterocycles. The van der Waals surface area contributed by atoms with Gasteiger partial charge in [0.1, 0.15) is 17.1 Å². The third-order valence-corrected chi connectivity index (χ3v) is 8.46. The minimum atomic E-state index is -0.724. The number of carbonyl (C=O) groups excluding carboxylic acids is 3. The molecule has 0 unspecified atom stereocenters. The fraction of sp³-hybridized carbons (Fsp3) is 0.207. The lowest BCUT2D eigenvalue weighted by molar-refractivity contribution is -0.154. The van der Waals surface area contributed by atoms with Crippen LogP contribution in [0.5, 0.6) is 0 Å². The molecule has 38 heavy (non-hydrogen) atoms. The Labute approximate surface area is 228 Å². The molecule has 2 aliphatic rings. The maximum Gasteiger partial charge on any atom is 0.356 e. The lowest BCUT2D eigenvalue weighted by atomic mass is 10.0. The minimum absolute atomic E-state index is 0.143. The third-order valence-electron chi connectivity index (χ3n) is 6.28. The van der Waals surface area contributed by atoms with Crippen molar-refractivity contribution >= 4 is 40.9 Å². The predicted molar refractivity (Wildman–Crippen MR) is 147 cm³/mol. The number of thioether (sulfide) groups is 1. The number of nitrogens with zero attached hydrogens (tertiary/aromatic N) is 1. The predicted octanol–water partition coefficient (Wildman–Crippen LogP) is 3.83. The van der Waals surface area contributed by atoms with Crippen LogP contribution in [0.1, 0.15) is 22.1 Å². The molecule has 2 amide bonds. The van der Waals surface area contributed by atoms with Gasteiger partial charge in [-0.3, -0.25) is 14.5 Å². The maximum absolute atomic E-state index is 13.7. The molecule has 0 aliphatic carbocycles. The number of carbonyl (C=O) groups is 3. The van der Waals surface area contributed by atoms with Gasteiger partial charge in [0.2, 0.25) is 5.91 Å². The largest absolute Gasteiger partial charge is 0.448 e. The highest BCUT2D eigenvalue weighted by Gasteiger charge is 2.54. The van der Waals surface area contributed by atoms with Gasteiger partial charge in [-0.15, -0.1) is 23.1 Å². The first-order valence-corrected chi connectivity index (χ1v) is 14.1. The van der Waals surface area contributed by atoms with Crippen molar-refractivity contribution in [3.8, 4) is 0 Å². The number of nitrogens with one attached hydrogen (secondary N) is 1. The smallest absolute Gasteiger partial charge is 0.356 e. The average Bonchev–Trinajstić information content (AvgIpc) is 3.46. The Bertz CT molecular complexity index is 1320. The van der Waals surface area contributed by atoms with Crippen LogP contribution in [0, 0.1) is 0 Å². The lowest BCUT2D eigenvalue weighted by Gasteiger charge is -2.49. The van der Waals surface area contributed by atoms with Gasteiger partial charge >= 0.3 is 5.97 Å². The molecule has 1 aromatic heterocycles. The summed E-state index contributed by atoms with van der Waals surface area (Å²) in [5.74, 6) is -0.811. The molecular weight excluding hydrogens is 520 g/mol. The van der Waals surface area contributed by atoms with E-state index >= 15 is 0 Å². The molecule has 7 nitrogen and oxygen atoms in total. The van der Waals surface area contributed by atoms with Crippen molar-refractivity contribution in [3.63, 3.8) is 0 Å². The maximum atomic E-state index is 13.7. The van der Waals surface area contributed by atoms with Crippen LogP contribution in [-0.4, -0.2) is 51.6 Å². The Morgan fingerprint density at radius 1 is 1.05 bits per heavy atom. The Balaban J connectivity index is 1.40. The molecule has 2 aromatic carbocycles. The second-order valence-corrected chi connectivity index (χ2v) is 10.9. The second-order valence-electron chi connectivity index (χ2n) is 8.78. The molecule has 0 spiro atoms. The molecule has 1 saturated heterocycles. The fourth-order valence-corrected chi connectivity index (χ4v) is 6.52. The molecule has 0 radical (unpaired) electrons. The quantitative estimate of drug-likeness (QED) is 0.313. The monoisotopic (exact) mass is 546 g/mol. The van der Waals surface area contributed by atoms with Crippen LogP contribution in [0.25, 0.3) is 0 Å². The summed E-state index contributed by atoms with van der Waals surface area (Å²) in [6.07, 6.45) is 2.70. The molecular formula is C29H26N2O5S2. The van der Waals surface area contributed by atoms with E-state index < -0.39 is 23.5 Å². The van der Waals surface area contributed by atoms with Gasteiger partial charge in [-0.25, -0.2) is 4.79 Å². The molecule has 2 N–H and O–H groups in total. The topological polar surface area (TPSA) is 95.9 Å². The van der Waals surface area contributed by atoms with E-state index in [9.17, 15) is 19.5 Å². The minimum Gasteiger partial charge on any atom is -0.448 e. The van der Waals surface area contributed by atoms with E-state index in [0.717, 1.165) is 16.0 Å². The summed E-state index contributed by atoms with van der Waals surface area (Å²) < 4.78 is 6.08. The number of hydrogen-bond acceptors (Lipinski definition) is 7.